The summed E-state index contributed by atoms with van der Waals surface area (Å²) in [4.78, 5) is 80.1. The normalized spacial score (nSPS) is 29.2. The summed E-state index contributed by atoms with van der Waals surface area (Å²) in [6.45, 7) is 0. The number of anilines is 2. The third-order valence-corrected chi connectivity index (χ3v) is 9.03. The molecule has 4 amide bonds. The van der Waals surface area contributed by atoms with Gasteiger partial charge in [-0.15, -0.1) is 0 Å². The summed E-state index contributed by atoms with van der Waals surface area (Å²) >= 11 is 0. The summed E-state index contributed by atoms with van der Waals surface area (Å²) in [5.41, 5.74) is -1.34. The monoisotopic (exact) mass is 564 g/mol. The van der Waals surface area contributed by atoms with Gasteiger partial charge < -0.3 is 0 Å². The minimum atomic E-state index is -1.39. The molecule has 3 fully saturated rings. The molecule has 2 aliphatic heterocycles. The van der Waals surface area contributed by atoms with Crippen LogP contribution in [0.25, 0.3) is 0 Å². The highest BCUT2D eigenvalue weighted by Gasteiger charge is 2.75. The Kier molecular flexibility index (Phi) is 5.29. The van der Waals surface area contributed by atoms with Gasteiger partial charge in [0.2, 0.25) is 23.6 Å². The number of non-ortho nitro benzene ring substituents is 2. The molecule has 2 unspecified atom stereocenters. The van der Waals surface area contributed by atoms with Crippen molar-refractivity contribution in [2.24, 2.45) is 29.6 Å². The quantitative estimate of drug-likeness (QED) is 0.197. The van der Waals surface area contributed by atoms with Crippen molar-refractivity contribution in [3.63, 3.8) is 0 Å². The number of allylic oxidation sites excluding steroid dienone is 2. The minimum absolute atomic E-state index is 0.0391. The second-order valence-corrected chi connectivity index (χ2v) is 10.8. The van der Waals surface area contributed by atoms with Gasteiger partial charge in [0, 0.05) is 35.6 Å². The van der Waals surface area contributed by atoms with Gasteiger partial charge in [-0.2, -0.15) is 0 Å². The molecule has 0 aromatic heterocycles. The Morgan fingerprint density at radius 2 is 1.10 bits per heavy atom. The molecule has 8 rings (SSSR count). The lowest BCUT2D eigenvalue weighted by molar-refractivity contribution is -0.385. The van der Waals surface area contributed by atoms with Gasteiger partial charge in [0.1, 0.15) is 0 Å². The summed E-state index contributed by atoms with van der Waals surface area (Å²) in [5.74, 6) is -7.40. The number of imide groups is 2. The largest absolute Gasteiger partial charge is 0.274 e. The summed E-state index contributed by atoms with van der Waals surface area (Å²) < 4.78 is 0. The lowest BCUT2D eigenvalue weighted by Crippen LogP contribution is -2.60. The fourth-order valence-corrected chi connectivity index (χ4v) is 7.48. The molecule has 12 nitrogen and oxygen atoms in total. The SMILES string of the molecule is O=C1[C@@H]2C3C=CC(c4ccccc4)([C@@H]4C(=O)N(c5cccc([N+](=O)[O-])c5)C(=O)[C@@H]34)[C@H]2C(=O)N1c1cccc([N+](=O)[O-])c1. The molecule has 2 bridgehead atoms. The third kappa shape index (κ3) is 3.17. The van der Waals surface area contributed by atoms with Crippen LogP contribution < -0.4 is 9.80 Å². The van der Waals surface area contributed by atoms with Crippen molar-refractivity contribution in [3.05, 3.63) is 117 Å². The molecule has 0 spiro atoms. The molecule has 2 heterocycles. The van der Waals surface area contributed by atoms with E-state index in [4.69, 9.17) is 0 Å². The van der Waals surface area contributed by atoms with Crippen molar-refractivity contribution >= 4 is 46.4 Å². The zero-order valence-electron chi connectivity index (χ0n) is 21.6. The Morgan fingerprint density at radius 1 is 0.619 bits per heavy atom. The maximum atomic E-state index is 14.3. The molecule has 12 heteroatoms. The zero-order valence-corrected chi connectivity index (χ0v) is 21.6. The Hall–Kier alpha value is -5.52. The lowest BCUT2D eigenvalue weighted by atomic mass is 9.45. The van der Waals surface area contributed by atoms with E-state index in [1.54, 1.807) is 42.5 Å². The summed E-state index contributed by atoms with van der Waals surface area (Å²) in [7, 11) is 0. The number of nitro groups is 2. The van der Waals surface area contributed by atoms with Gasteiger partial charge in [0.15, 0.2) is 0 Å². The number of amides is 4. The van der Waals surface area contributed by atoms with Gasteiger partial charge >= 0.3 is 0 Å². The molecule has 3 aliphatic carbocycles. The summed E-state index contributed by atoms with van der Waals surface area (Å²) in [5, 5.41) is 22.9. The molecule has 2 saturated heterocycles. The molecule has 1 saturated carbocycles. The van der Waals surface area contributed by atoms with Crippen molar-refractivity contribution in [3.8, 4) is 0 Å². The van der Waals surface area contributed by atoms with Crippen LogP contribution in [-0.2, 0) is 24.6 Å². The van der Waals surface area contributed by atoms with E-state index in [0.29, 0.717) is 5.56 Å². The average molecular weight is 565 g/mol. The van der Waals surface area contributed by atoms with Gasteiger partial charge in [-0.25, -0.2) is 9.80 Å². The van der Waals surface area contributed by atoms with E-state index in [-0.39, 0.29) is 22.7 Å². The summed E-state index contributed by atoms with van der Waals surface area (Å²) in [6.07, 6.45) is 3.47. The van der Waals surface area contributed by atoms with Gasteiger partial charge in [0.05, 0.1) is 44.9 Å². The third-order valence-electron chi connectivity index (χ3n) is 9.03. The second-order valence-electron chi connectivity index (χ2n) is 10.8. The second kappa shape index (κ2) is 8.74. The first-order valence-electron chi connectivity index (χ1n) is 13.2. The van der Waals surface area contributed by atoms with Crippen molar-refractivity contribution in [2.45, 2.75) is 5.41 Å². The first kappa shape index (κ1) is 25.4. The van der Waals surface area contributed by atoms with Gasteiger partial charge in [-0.1, -0.05) is 54.6 Å². The molecule has 3 aromatic rings. The number of hydrogen-bond donors (Lipinski definition) is 0. The van der Waals surface area contributed by atoms with E-state index in [2.05, 4.69) is 0 Å². The molecule has 208 valence electrons. The highest BCUT2D eigenvalue weighted by Crippen LogP contribution is 2.65. The molecule has 3 aromatic carbocycles. The van der Waals surface area contributed by atoms with Gasteiger partial charge in [-0.05, 0) is 17.7 Å². The predicted octanol–water partition coefficient (Wildman–Crippen LogP) is 3.55. The predicted molar refractivity (Wildman–Crippen MR) is 146 cm³/mol. The summed E-state index contributed by atoms with van der Waals surface area (Å²) in [6, 6.07) is 19.2. The molecule has 6 atom stereocenters. The maximum Gasteiger partial charge on any atom is 0.271 e. The highest BCUT2D eigenvalue weighted by molar-refractivity contribution is 6.27. The smallest absolute Gasteiger partial charge is 0.271 e. The molecule has 0 N–H and O–H groups in total. The lowest BCUT2D eigenvalue weighted by Gasteiger charge is -2.53. The molecular formula is C30H20N4O8. The van der Waals surface area contributed by atoms with E-state index in [9.17, 15) is 39.4 Å². The number of rotatable bonds is 5. The standard InChI is InChI=1S/C30H20N4O8/c35-26-22-21-12-13-30(16-6-2-1-3-7-16,24(22)28(37)31(26)17-8-4-10-19(14-17)33(39)40)25-23(21)27(36)32(29(25)38)18-9-5-11-20(15-18)34(41)42/h1-15,21-25H/t21?,22-,23+,24-,25+,30?. The van der Waals surface area contributed by atoms with Crippen LogP contribution >= 0.6 is 0 Å². The number of nitro benzene ring substituents is 2. The van der Waals surface area contributed by atoms with Crippen LogP contribution in [0.2, 0.25) is 0 Å². The number of benzene rings is 3. The van der Waals surface area contributed by atoms with Gasteiger partial charge in [0.25, 0.3) is 11.4 Å². The minimum Gasteiger partial charge on any atom is -0.274 e. The highest BCUT2D eigenvalue weighted by atomic mass is 16.6. The van der Waals surface area contributed by atoms with Crippen LogP contribution in [0.1, 0.15) is 5.56 Å². The number of hydrogen-bond acceptors (Lipinski definition) is 8. The molecular weight excluding hydrogens is 544 g/mol. The van der Waals surface area contributed by atoms with Crippen molar-refractivity contribution in [1.82, 2.24) is 0 Å². The van der Waals surface area contributed by atoms with Crippen LogP contribution in [0.4, 0.5) is 22.7 Å². The van der Waals surface area contributed by atoms with Crippen molar-refractivity contribution < 1.29 is 29.0 Å². The molecule has 5 aliphatic rings. The number of nitrogens with zero attached hydrogens (tertiary/aromatic N) is 4. The Bertz CT molecular complexity index is 1680. The van der Waals surface area contributed by atoms with Gasteiger partial charge in [-0.3, -0.25) is 39.4 Å². The van der Waals surface area contributed by atoms with Crippen LogP contribution in [-0.4, -0.2) is 33.5 Å². The Labute approximate surface area is 237 Å². The fourth-order valence-electron chi connectivity index (χ4n) is 7.48. The van der Waals surface area contributed by atoms with E-state index >= 15 is 0 Å². The maximum absolute atomic E-state index is 14.3. The van der Waals surface area contributed by atoms with Crippen LogP contribution in [0.3, 0.4) is 0 Å². The van der Waals surface area contributed by atoms with Crippen molar-refractivity contribution in [1.29, 1.82) is 0 Å². The Morgan fingerprint density at radius 3 is 1.55 bits per heavy atom. The van der Waals surface area contributed by atoms with E-state index in [1.165, 1.54) is 36.4 Å². The van der Waals surface area contributed by atoms with Crippen LogP contribution in [0.15, 0.2) is 91.0 Å². The molecule has 0 radical (unpaired) electrons. The van der Waals surface area contributed by atoms with E-state index < -0.39 is 68.5 Å². The Balaban J connectivity index is 1.40. The first-order chi connectivity index (χ1) is 20.2. The topological polar surface area (TPSA) is 161 Å². The molecule has 42 heavy (non-hydrogen) atoms. The zero-order chi connectivity index (χ0) is 29.5. The first-order valence-corrected chi connectivity index (χ1v) is 13.2. The number of carbonyl (C=O) groups excluding carboxylic acids is 4. The van der Waals surface area contributed by atoms with E-state index in [1.807, 2.05) is 0 Å². The van der Waals surface area contributed by atoms with Crippen LogP contribution in [0.5, 0.6) is 0 Å². The number of carbonyl (C=O) groups is 4. The van der Waals surface area contributed by atoms with Crippen LogP contribution in [0, 0.1) is 49.8 Å². The fraction of sp³-hybridized carbons (Fsp3) is 0.200. The van der Waals surface area contributed by atoms with Crippen molar-refractivity contribution in [2.75, 3.05) is 9.80 Å². The average Bonchev–Trinajstić information content (AvgIpc) is 3.44. The van der Waals surface area contributed by atoms with E-state index in [0.717, 1.165) is 21.9 Å².